The van der Waals surface area contributed by atoms with Crippen molar-refractivity contribution >= 4 is 47.2 Å². The average Bonchev–Trinajstić information content (AvgIpc) is 2.91. The maximum absolute atomic E-state index is 11.5. The molecule has 0 aliphatic rings. The molecule has 0 aliphatic carbocycles. The van der Waals surface area contributed by atoms with Gasteiger partial charge in [-0.1, -0.05) is 6.07 Å². The molecule has 1 aromatic rings. The summed E-state index contributed by atoms with van der Waals surface area (Å²) in [6.07, 6.45) is 1.42. The number of aliphatic imine (C=N–C) groups is 1. The van der Waals surface area contributed by atoms with E-state index in [-0.39, 0.29) is 29.9 Å². The predicted molar refractivity (Wildman–Crippen MR) is 101 cm³/mol. The molecule has 120 valence electrons. The Balaban J connectivity index is 0.00000400. The number of rotatable bonds is 7. The fourth-order valence-corrected chi connectivity index (χ4v) is 2.28. The van der Waals surface area contributed by atoms with E-state index in [2.05, 4.69) is 33.1 Å². The number of hydrogen-bond acceptors (Lipinski definition) is 3. The van der Waals surface area contributed by atoms with Crippen molar-refractivity contribution in [2.45, 2.75) is 19.8 Å². The van der Waals surface area contributed by atoms with Crippen LogP contribution in [0.3, 0.4) is 0 Å². The lowest BCUT2D eigenvalue weighted by Crippen LogP contribution is -2.39. The van der Waals surface area contributed by atoms with Crippen LogP contribution in [0.15, 0.2) is 22.5 Å². The Morgan fingerprint density at radius 1 is 1.38 bits per heavy atom. The van der Waals surface area contributed by atoms with Crippen molar-refractivity contribution in [1.29, 1.82) is 0 Å². The number of carbonyl (C=O) groups excluding carboxylic acids is 1. The summed E-state index contributed by atoms with van der Waals surface area (Å²) in [6, 6.07) is 4.18. The second kappa shape index (κ2) is 11.8. The molecule has 0 atom stereocenters. The lowest BCUT2D eigenvalue weighted by atomic mass is 10.3. The summed E-state index contributed by atoms with van der Waals surface area (Å²) in [5.41, 5.74) is 0. The van der Waals surface area contributed by atoms with Crippen LogP contribution in [0.25, 0.3) is 0 Å². The summed E-state index contributed by atoms with van der Waals surface area (Å²) in [5, 5.41) is 8.44. The van der Waals surface area contributed by atoms with Crippen molar-refractivity contribution in [3.05, 3.63) is 22.4 Å². The van der Waals surface area contributed by atoms with Crippen LogP contribution in [0.5, 0.6) is 0 Å². The fraction of sp³-hybridized carbons (Fsp3) is 0.571. The molecule has 0 saturated heterocycles. The van der Waals surface area contributed by atoms with Gasteiger partial charge in [0, 0.05) is 51.4 Å². The van der Waals surface area contributed by atoms with Crippen molar-refractivity contribution in [2.75, 3.05) is 33.7 Å². The van der Waals surface area contributed by atoms with E-state index in [9.17, 15) is 4.79 Å². The first-order valence-corrected chi connectivity index (χ1v) is 7.76. The van der Waals surface area contributed by atoms with Crippen molar-refractivity contribution in [3.63, 3.8) is 0 Å². The van der Waals surface area contributed by atoms with Crippen LogP contribution in [0, 0.1) is 0 Å². The highest BCUT2D eigenvalue weighted by atomic mass is 127. The molecule has 1 rings (SSSR count). The minimum Gasteiger partial charge on any atom is -0.357 e. The molecule has 5 nitrogen and oxygen atoms in total. The highest BCUT2D eigenvalue weighted by molar-refractivity contribution is 14.0. The highest BCUT2D eigenvalue weighted by Crippen LogP contribution is 2.08. The van der Waals surface area contributed by atoms with E-state index < -0.39 is 0 Å². The Morgan fingerprint density at radius 2 is 2.14 bits per heavy atom. The average molecular weight is 424 g/mol. The van der Waals surface area contributed by atoms with Crippen molar-refractivity contribution in [3.8, 4) is 0 Å². The highest BCUT2D eigenvalue weighted by Gasteiger charge is 2.04. The summed E-state index contributed by atoms with van der Waals surface area (Å²) < 4.78 is 0. The molecule has 1 amide bonds. The largest absolute Gasteiger partial charge is 0.357 e. The summed E-state index contributed by atoms with van der Waals surface area (Å²) in [4.78, 5) is 18.9. The van der Waals surface area contributed by atoms with Crippen LogP contribution in [-0.4, -0.2) is 50.5 Å². The number of carbonyl (C=O) groups is 1. The summed E-state index contributed by atoms with van der Waals surface area (Å²) in [5.74, 6) is 0.891. The molecule has 7 heteroatoms. The van der Waals surface area contributed by atoms with E-state index in [1.54, 1.807) is 30.3 Å². The Kier molecular flexibility index (Phi) is 11.3. The molecule has 0 spiro atoms. The number of halogens is 1. The number of thiophene rings is 1. The lowest BCUT2D eigenvalue weighted by molar-refractivity contribution is -0.128. The molecule has 21 heavy (non-hydrogen) atoms. The SMILES string of the molecule is CCNC(=NCCc1cccs1)NCCC(=O)N(C)C.I. The topological polar surface area (TPSA) is 56.7 Å². The molecule has 0 bridgehead atoms. The number of nitrogens with zero attached hydrogens (tertiary/aromatic N) is 2. The molecule has 0 saturated carbocycles. The maximum atomic E-state index is 11.5. The van der Waals surface area contributed by atoms with Gasteiger partial charge in [0.2, 0.25) is 5.91 Å². The van der Waals surface area contributed by atoms with Crippen LogP contribution < -0.4 is 10.6 Å². The Morgan fingerprint density at radius 3 is 2.71 bits per heavy atom. The maximum Gasteiger partial charge on any atom is 0.223 e. The summed E-state index contributed by atoms with van der Waals surface area (Å²) >= 11 is 1.75. The normalized spacial score (nSPS) is 10.7. The molecule has 0 fully saturated rings. The summed E-state index contributed by atoms with van der Waals surface area (Å²) in [7, 11) is 3.53. The van der Waals surface area contributed by atoms with Gasteiger partial charge < -0.3 is 15.5 Å². The van der Waals surface area contributed by atoms with E-state index in [1.807, 2.05) is 6.92 Å². The monoisotopic (exact) mass is 424 g/mol. The fourth-order valence-electron chi connectivity index (χ4n) is 1.59. The third kappa shape index (κ3) is 8.92. The first-order chi connectivity index (χ1) is 9.63. The van der Waals surface area contributed by atoms with Crippen LogP contribution >= 0.6 is 35.3 Å². The van der Waals surface area contributed by atoms with E-state index in [4.69, 9.17) is 0 Å². The van der Waals surface area contributed by atoms with E-state index in [0.717, 1.165) is 25.5 Å². The van der Waals surface area contributed by atoms with Crippen LogP contribution in [0.2, 0.25) is 0 Å². The Hall–Kier alpha value is -0.830. The van der Waals surface area contributed by atoms with Crippen LogP contribution in [-0.2, 0) is 11.2 Å². The molecule has 0 aromatic carbocycles. The van der Waals surface area contributed by atoms with Crippen molar-refractivity contribution in [1.82, 2.24) is 15.5 Å². The van der Waals surface area contributed by atoms with Crippen molar-refractivity contribution in [2.24, 2.45) is 4.99 Å². The third-order valence-electron chi connectivity index (χ3n) is 2.68. The Bertz CT molecular complexity index is 421. The van der Waals surface area contributed by atoms with Gasteiger partial charge in [0.05, 0.1) is 0 Å². The molecule has 2 N–H and O–H groups in total. The first-order valence-electron chi connectivity index (χ1n) is 6.88. The van der Waals surface area contributed by atoms with Gasteiger partial charge in [0.25, 0.3) is 0 Å². The van der Waals surface area contributed by atoms with E-state index >= 15 is 0 Å². The van der Waals surface area contributed by atoms with Gasteiger partial charge in [-0.05, 0) is 18.4 Å². The van der Waals surface area contributed by atoms with Crippen molar-refractivity contribution < 1.29 is 4.79 Å². The number of amides is 1. The molecule has 1 heterocycles. The minimum atomic E-state index is 0. The van der Waals surface area contributed by atoms with Gasteiger partial charge in [0.15, 0.2) is 5.96 Å². The zero-order valence-electron chi connectivity index (χ0n) is 12.9. The molecular weight excluding hydrogens is 399 g/mol. The number of hydrogen-bond donors (Lipinski definition) is 2. The van der Waals surface area contributed by atoms with Gasteiger partial charge >= 0.3 is 0 Å². The van der Waals surface area contributed by atoms with Gasteiger partial charge in [-0.15, -0.1) is 35.3 Å². The number of guanidine groups is 1. The first kappa shape index (κ1) is 20.2. The van der Waals surface area contributed by atoms with Gasteiger partial charge in [0.1, 0.15) is 0 Å². The second-order valence-electron chi connectivity index (χ2n) is 4.55. The molecule has 0 unspecified atom stereocenters. The van der Waals surface area contributed by atoms with E-state index in [1.165, 1.54) is 4.88 Å². The van der Waals surface area contributed by atoms with Gasteiger partial charge in [-0.25, -0.2) is 0 Å². The van der Waals surface area contributed by atoms with Gasteiger partial charge in [-0.2, -0.15) is 0 Å². The molecule has 0 radical (unpaired) electrons. The smallest absolute Gasteiger partial charge is 0.223 e. The van der Waals surface area contributed by atoms with Gasteiger partial charge in [-0.3, -0.25) is 9.79 Å². The van der Waals surface area contributed by atoms with Crippen LogP contribution in [0.1, 0.15) is 18.2 Å². The molecular formula is C14H25IN4OS. The minimum absolute atomic E-state index is 0. The zero-order valence-corrected chi connectivity index (χ0v) is 16.0. The molecule has 1 aromatic heterocycles. The standard InChI is InChI=1S/C14H24N4OS.HI/c1-4-15-14(17-10-8-13(19)18(2)3)16-9-7-12-6-5-11-20-12;/h5-6,11H,4,7-10H2,1-3H3,(H2,15,16,17);1H. The summed E-state index contributed by atoms with van der Waals surface area (Å²) in [6.45, 7) is 4.19. The quantitative estimate of drug-likeness (QED) is 0.400. The third-order valence-corrected chi connectivity index (χ3v) is 3.62. The zero-order chi connectivity index (χ0) is 14.8. The number of nitrogens with one attached hydrogen (secondary N) is 2. The lowest BCUT2D eigenvalue weighted by Gasteiger charge is -2.13. The van der Waals surface area contributed by atoms with Crippen LogP contribution in [0.4, 0.5) is 0 Å². The van der Waals surface area contributed by atoms with E-state index in [0.29, 0.717) is 13.0 Å². The predicted octanol–water partition coefficient (Wildman–Crippen LogP) is 1.94. The Labute approximate surface area is 148 Å². The molecule has 0 aliphatic heterocycles. The second-order valence-corrected chi connectivity index (χ2v) is 5.59.